The van der Waals surface area contributed by atoms with Gasteiger partial charge in [-0.3, -0.25) is 34.4 Å². The van der Waals surface area contributed by atoms with Gasteiger partial charge in [0, 0.05) is 37.9 Å². The van der Waals surface area contributed by atoms with Crippen LogP contribution in [0.25, 0.3) is 22.1 Å². The number of hydrogen-bond acceptors (Lipinski definition) is 12. The van der Waals surface area contributed by atoms with Crippen LogP contribution in [0.4, 0.5) is 11.9 Å². The fourth-order valence-electron chi connectivity index (χ4n) is 7.20. The zero-order valence-electron chi connectivity index (χ0n) is 32.4. The van der Waals surface area contributed by atoms with Gasteiger partial charge in [-0.1, -0.05) is 0 Å². The van der Waals surface area contributed by atoms with Gasteiger partial charge in [-0.05, 0) is 76.9 Å². The Morgan fingerprint density at radius 2 is 1.54 bits per heavy atom. The Bertz CT molecular complexity index is 2490. The molecule has 0 radical (unpaired) electrons. The molecule has 300 valence electrons. The van der Waals surface area contributed by atoms with Crippen LogP contribution in [0.15, 0.2) is 36.4 Å². The first-order chi connectivity index (χ1) is 27.4. The molecular weight excluding hydrogens is 736 g/mol. The summed E-state index contributed by atoms with van der Waals surface area (Å²) in [4.78, 5) is 49.2. The molecule has 1 unspecified atom stereocenters. The molecule has 5 heterocycles. The van der Waals surface area contributed by atoms with Crippen molar-refractivity contribution in [1.82, 2.24) is 38.7 Å². The predicted octanol–water partition coefficient (Wildman–Crippen LogP) is 3.43. The highest BCUT2D eigenvalue weighted by molar-refractivity contribution is 6.05. The number of nitrogens with two attached hydrogens (primary N) is 2. The summed E-state index contributed by atoms with van der Waals surface area (Å²) in [5.41, 5.74) is 16.4. The molecule has 4 aromatic heterocycles. The number of carbonyl (C=O) groups excluding carboxylic acids is 3. The van der Waals surface area contributed by atoms with Gasteiger partial charge in [0.05, 0.1) is 35.1 Å². The Kier molecular flexibility index (Phi) is 11.0. The van der Waals surface area contributed by atoms with Crippen LogP contribution in [-0.4, -0.2) is 88.4 Å². The van der Waals surface area contributed by atoms with Crippen molar-refractivity contribution in [1.29, 1.82) is 0 Å². The van der Waals surface area contributed by atoms with Gasteiger partial charge in [-0.2, -0.15) is 10.2 Å². The second kappa shape index (κ2) is 16.0. The number of hydrogen-bond donors (Lipinski definition) is 5. The number of nitrogens with zero attached hydrogens (tertiary/aromatic N) is 8. The summed E-state index contributed by atoms with van der Waals surface area (Å²) in [5, 5.41) is 25.1. The molecular formula is C38H46N12O7. The van der Waals surface area contributed by atoms with Crippen molar-refractivity contribution in [3.63, 3.8) is 0 Å². The van der Waals surface area contributed by atoms with Crippen molar-refractivity contribution >= 4 is 51.7 Å². The van der Waals surface area contributed by atoms with Crippen LogP contribution in [0, 0.1) is 13.8 Å². The Labute approximate surface area is 326 Å². The topological polar surface area (TPSA) is 247 Å². The average Bonchev–Trinajstić information content (AvgIpc) is 3.95. The SMILES string of the molecule is CCn1nc(C)cc1C(=O)Nc1nc2cc(C(N)O)cc(OCCOC)c2n1CCC[C@H]1COc2cc(C(N)=O)cc3nc(NC(=O)c4cc(C)nn4CC)n1c23. The molecule has 19 nitrogen and oxygen atoms in total. The van der Waals surface area contributed by atoms with Crippen molar-refractivity contribution in [2.75, 3.05) is 37.6 Å². The highest BCUT2D eigenvalue weighted by Crippen LogP contribution is 2.39. The van der Waals surface area contributed by atoms with Gasteiger partial charge in [-0.15, -0.1) is 0 Å². The number of aliphatic hydroxyl groups is 1. The van der Waals surface area contributed by atoms with E-state index in [-0.39, 0.29) is 36.7 Å². The molecule has 7 N–H and O–H groups in total. The summed E-state index contributed by atoms with van der Waals surface area (Å²) in [5.74, 6) is -0.0793. The number of imidazole rings is 2. The first-order valence-corrected chi connectivity index (χ1v) is 18.7. The number of aromatic nitrogens is 8. The van der Waals surface area contributed by atoms with Crippen LogP contribution >= 0.6 is 0 Å². The van der Waals surface area contributed by atoms with Gasteiger partial charge in [0.2, 0.25) is 17.8 Å². The predicted molar refractivity (Wildman–Crippen MR) is 209 cm³/mol. The lowest BCUT2D eigenvalue weighted by Crippen LogP contribution is -2.26. The van der Waals surface area contributed by atoms with E-state index < -0.39 is 23.9 Å². The van der Waals surface area contributed by atoms with Crippen LogP contribution in [0.2, 0.25) is 0 Å². The number of nitrogens with one attached hydrogen (secondary N) is 2. The molecule has 2 atom stereocenters. The van der Waals surface area contributed by atoms with Crippen LogP contribution in [0.1, 0.15) is 87.2 Å². The van der Waals surface area contributed by atoms with Crippen LogP contribution < -0.4 is 31.6 Å². The number of amides is 3. The number of rotatable bonds is 16. The molecule has 2 aromatic carbocycles. The van der Waals surface area contributed by atoms with Crippen molar-refractivity contribution in [2.45, 2.75) is 72.4 Å². The third-order valence-corrected chi connectivity index (χ3v) is 9.79. The van der Waals surface area contributed by atoms with Crippen LogP contribution in [-0.2, 0) is 24.4 Å². The minimum Gasteiger partial charge on any atom is -0.489 e. The van der Waals surface area contributed by atoms with E-state index in [1.165, 1.54) is 0 Å². The molecule has 0 saturated heterocycles. The normalized spacial score (nSPS) is 14.2. The number of anilines is 2. The molecule has 57 heavy (non-hydrogen) atoms. The third-order valence-electron chi connectivity index (χ3n) is 9.79. The molecule has 1 aliphatic heterocycles. The highest BCUT2D eigenvalue weighted by Gasteiger charge is 2.30. The number of carbonyl (C=O) groups is 3. The molecule has 3 amide bonds. The smallest absolute Gasteiger partial charge is 0.276 e. The van der Waals surface area contributed by atoms with Gasteiger partial charge in [0.25, 0.3) is 11.8 Å². The summed E-state index contributed by atoms with van der Waals surface area (Å²) >= 11 is 0. The first kappa shape index (κ1) is 38.9. The maximum Gasteiger partial charge on any atom is 0.276 e. The van der Waals surface area contributed by atoms with Gasteiger partial charge in [0.1, 0.15) is 53.4 Å². The largest absolute Gasteiger partial charge is 0.489 e. The first-order valence-electron chi connectivity index (χ1n) is 18.7. The molecule has 7 rings (SSSR count). The van der Waals surface area contributed by atoms with E-state index in [1.54, 1.807) is 52.9 Å². The highest BCUT2D eigenvalue weighted by atomic mass is 16.5. The number of aryl methyl sites for hydroxylation is 5. The van der Waals surface area contributed by atoms with Crippen molar-refractivity contribution in [3.8, 4) is 11.5 Å². The van der Waals surface area contributed by atoms with Gasteiger partial charge in [-0.25, -0.2) is 9.97 Å². The number of methoxy groups -OCH3 is 1. The van der Waals surface area contributed by atoms with Gasteiger partial charge in [0.15, 0.2) is 0 Å². The number of benzene rings is 2. The Hall–Kier alpha value is -6.31. The van der Waals surface area contributed by atoms with E-state index in [2.05, 4.69) is 20.8 Å². The molecule has 0 bridgehead atoms. The lowest BCUT2D eigenvalue weighted by molar-refractivity contribution is 0.0994. The van der Waals surface area contributed by atoms with E-state index >= 15 is 0 Å². The molecule has 0 fully saturated rings. The van der Waals surface area contributed by atoms with Gasteiger partial charge >= 0.3 is 0 Å². The van der Waals surface area contributed by atoms with E-state index in [9.17, 15) is 19.5 Å². The zero-order chi connectivity index (χ0) is 40.5. The maximum atomic E-state index is 13.7. The van der Waals surface area contributed by atoms with Crippen molar-refractivity contribution in [3.05, 3.63) is 70.3 Å². The maximum absolute atomic E-state index is 13.7. The minimum atomic E-state index is -1.30. The second-order valence-corrected chi connectivity index (χ2v) is 13.8. The van der Waals surface area contributed by atoms with Crippen molar-refractivity contribution < 1.29 is 33.7 Å². The number of primary amides is 1. The van der Waals surface area contributed by atoms with Gasteiger partial charge < -0.3 is 39.9 Å². The quantitative estimate of drug-likeness (QED) is 0.0700. The Morgan fingerprint density at radius 1 is 0.912 bits per heavy atom. The van der Waals surface area contributed by atoms with E-state index in [1.807, 2.05) is 36.8 Å². The lowest BCUT2D eigenvalue weighted by atomic mass is 10.1. The Morgan fingerprint density at radius 3 is 2.16 bits per heavy atom. The average molecular weight is 783 g/mol. The molecule has 0 spiro atoms. The fourth-order valence-corrected chi connectivity index (χ4v) is 7.20. The number of fused-ring (bicyclic) bond motifs is 1. The standard InChI is InChI=1S/C38H46N12O7/c1-6-48-27(13-20(3)45-48)35(53)43-37-41-25-15-22(33(39)51)17-29(56-12-11-55-5)31(25)47(37)10-8-9-24-19-57-30-18-23(34(40)52)16-26-32(30)50(24)38(42-26)44-36(54)28-14-21(4)46-49(28)7-2/h13-18,24,33,51H,6-12,19,39H2,1-5H3,(H2,40,52)(H,41,43,53)(H,42,44,54)/t24-,33?/m0/s1. The van der Waals surface area contributed by atoms with E-state index in [0.717, 1.165) is 0 Å². The molecule has 19 heteroatoms. The summed E-state index contributed by atoms with van der Waals surface area (Å²) in [6, 6.07) is 9.57. The summed E-state index contributed by atoms with van der Waals surface area (Å²) in [6.07, 6.45) is -0.256. The second-order valence-electron chi connectivity index (χ2n) is 13.8. The summed E-state index contributed by atoms with van der Waals surface area (Å²) in [7, 11) is 1.57. The summed E-state index contributed by atoms with van der Waals surface area (Å²) < 4.78 is 24.6. The van der Waals surface area contributed by atoms with Crippen molar-refractivity contribution in [2.24, 2.45) is 11.5 Å². The van der Waals surface area contributed by atoms with E-state index in [4.69, 9.17) is 35.6 Å². The van der Waals surface area contributed by atoms with E-state index in [0.29, 0.717) is 101 Å². The molecule has 0 aliphatic carbocycles. The molecule has 1 aliphatic rings. The van der Waals surface area contributed by atoms with Crippen LogP contribution in [0.5, 0.6) is 11.5 Å². The fraction of sp³-hybridized carbons (Fsp3) is 0.395. The monoisotopic (exact) mass is 782 g/mol. The minimum absolute atomic E-state index is 0.202. The molecule has 0 saturated carbocycles. The number of ether oxygens (including phenoxy) is 3. The Balaban J connectivity index is 1.25. The third kappa shape index (κ3) is 7.63. The zero-order valence-corrected chi connectivity index (χ0v) is 32.4. The van der Waals surface area contributed by atoms with Crippen LogP contribution in [0.3, 0.4) is 0 Å². The lowest BCUT2D eigenvalue weighted by Gasteiger charge is -2.27. The summed E-state index contributed by atoms with van der Waals surface area (Å²) in [6.45, 7) is 9.48. The number of aliphatic hydroxyl groups excluding tert-OH is 1. The molecule has 6 aromatic rings.